The van der Waals surface area contributed by atoms with Crippen LogP contribution in [0, 0.1) is 6.92 Å². The van der Waals surface area contributed by atoms with Gasteiger partial charge >= 0.3 is 0 Å². The maximum atomic E-state index is 12.7. The Kier molecular flexibility index (Phi) is 3.92. The highest BCUT2D eigenvalue weighted by Gasteiger charge is 2.36. The van der Waals surface area contributed by atoms with Gasteiger partial charge in [-0.2, -0.15) is 4.31 Å². The zero-order chi connectivity index (χ0) is 14.3. The molecule has 4 nitrogen and oxygen atoms in total. The summed E-state index contributed by atoms with van der Waals surface area (Å²) in [6, 6.07) is 5.66. The number of piperazine rings is 1. The van der Waals surface area contributed by atoms with Gasteiger partial charge in [0.1, 0.15) is 0 Å². The molecule has 0 aromatic heterocycles. The molecule has 3 rings (SSSR count). The van der Waals surface area contributed by atoms with Crippen molar-refractivity contribution in [3.63, 3.8) is 0 Å². The lowest BCUT2D eigenvalue weighted by molar-refractivity contribution is 0.158. The average Bonchev–Trinajstić information content (AvgIpc) is 2.89. The van der Waals surface area contributed by atoms with Crippen molar-refractivity contribution in [3.8, 4) is 0 Å². The van der Waals surface area contributed by atoms with Gasteiger partial charge in [0.25, 0.3) is 0 Å². The van der Waals surface area contributed by atoms with Crippen molar-refractivity contribution in [1.82, 2.24) is 9.21 Å². The Hall–Kier alpha value is -0.430. The number of fused-ring (bicyclic) bond motifs is 1. The highest BCUT2D eigenvalue weighted by atomic mass is 79.9. The Morgan fingerprint density at radius 2 is 2.05 bits per heavy atom. The van der Waals surface area contributed by atoms with Gasteiger partial charge in [-0.25, -0.2) is 8.42 Å². The first-order valence-corrected chi connectivity index (χ1v) is 9.22. The lowest BCUT2D eigenvalue weighted by Crippen LogP contribution is -2.51. The standard InChI is InChI=1S/C14H19BrN2O2S/c1-11-9-13(4-5-14(11)15)20(18,19)17-8-7-16-6-2-3-12(16)10-17/h4-5,9,12H,2-3,6-8,10H2,1H3. The number of aryl methyl sites for hydroxylation is 1. The van der Waals surface area contributed by atoms with Crippen molar-refractivity contribution in [2.75, 3.05) is 26.2 Å². The van der Waals surface area contributed by atoms with E-state index in [0.717, 1.165) is 29.5 Å². The van der Waals surface area contributed by atoms with Crippen molar-refractivity contribution in [1.29, 1.82) is 0 Å². The Balaban J connectivity index is 1.86. The van der Waals surface area contributed by atoms with Crippen molar-refractivity contribution >= 4 is 26.0 Å². The first-order valence-electron chi connectivity index (χ1n) is 6.99. The first kappa shape index (κ1) is 14.5. The molecule has 0 saturated carbocycles. The fraction of sp³-hybridized carbons (Fsp3) is 0.571. The van der Waals surface area contributed by atoms with Crippen LogP contribution in [0.15, 0.2) is 27.6 Å². The third kappa shape index (κ3) is 2.54. The molecule has 2 fully saturated rings. The smallest absolute Gasteiger partial charge is 0.243 e. The second-order valence-corrected chi connectivity index (χ2v) is 8.40. The number of rotatable bonds is 2. The summed E-state index contributed by atoms with van der Waals surface area (Å²) in [4.78, 5) is 2.82. The molecule has 2 saturated heterocycles. The number of sulfonamides is 1. The number of nitrogens with zero attached hydrogens (tertiary/aromatic N) is 2. The lowest BCUT2D eigenvalue weighted by atomic mass is 10.2. The van der Waals surface area contributed by atoms with E-state index in [0.29, 0.717) is 24.0 Å². The van der Waals surface area contributed by atoms with Gasteiger partial charge in [0.15, 0.2) is 0 Å². The highest BCUT2D eigenvalue weighted by Crippen LogP contribution is 2.27. The SMILES string of the molecule is Cc1cc(S(=O)(=O)N2CCN3CCCC3C2)ccc1Br. The van der Waals surface area contributed by atoms with E-state index in [1.807, 2.05) is 13.0 Å². The normalized spacial score (nSPS) is 24.8. The largest absolute Gasteiger partial charge is 0.298 e. The van der Waals surface area contributed by atoms with Crippen LogP contribution in [0.3, 0.4) is 0 Å². The molecule has 1 unspecified atom stereocenters. The summed E-state index contributed by atoms with van der Waals surface area (Å²) in [6.45, 7) is 5.14. The first-order chi connectivity index (χ1) is 9.48. The number of hydrogen-bond donors (Lipinski definition) is 0. The minimum absolute atomic E-state index is 0.407. The molecule has 2 aliphatic heterocycles. The molecule has 0 N–H and O–H groups in total. The zero-order valence-electron chi connectivity index (χ0n) is 11.5. The third-order valence-corrected chi connectivity index (χ3v) is 7.07. The van der Waals surface area contributed by atoms with Crippen molar-refractivity contribution < 1.29 is 8.42 Å². The van der Waals surface area contributed by atoms with Crippen LogP contribution in [-0.2, 0) is 10.0 Å². The maximum absolute atomic E-state index is 12.7. The average molecular weight is 359 g/mol. The molecule has 6 heteroatoms. The summed E-state index contributed by atoms with van der Waals surface area (Å²) in [5, 5.41) is 0. The predicted octanol–water partition coefficient (Wildman–Crippen LogP) is 2.23. The molecule has 0 spiro atoms. The molecule has 1 atom stereocenters. The quantitative estimate of drug-likeness (QED) is 0.813. The van der Waals surface area contributed by atoms with Crippen molar-refractivity contribution in [2.45, 2.75) is 30.7 Å². The monoisotopic (exact) mass is 358 g/mol. The number of hydrogen-bond acceptors (Lipinski definition) is 3. The molecule has 0 amide bonds. The van der Waals surface area contributed by atoms with Crippen LogP contribution < -0.4 is 0 Å². The summed E-state index contributed by atoms with van der Waals surface area (Å²) < 4.78 is 28.1. The predicted molar refractivity (Wildman–Crippen MR) is 82.2 cm³/mol. The number of benzene rings is 1. The Morgan fingerprint density at radius 1 is 1.25 bits per heavy atom. The fourth-order valence-electron chi connectivity index (χ4n) is 3.11. The Bertz CT molecular complexity index is 618. The van der Waals surface area contributed by atoms with Crippen LogP contribution >= 0.6 is 15.9 Å². The van der Waals surface area contributed by atoms with Crippen LogP contribution in [-0.4, -0.2) is 49.8 Å². The van der Waals surface area contributed by atoms with Crippen molar-refractivity contribution in [3.05, 3.63) is 28.2 Å². The minimum atomic E-state index is -3.35. The second-order valence-electron chi connectivity index (χ2n) is 5.61. The summed E-state index contributed by atoms with van der Waals surface area (Å²) in [7, 11) is -3.35. The van der Waals surface area contributed by atoms with Crippen LogP contribution in [0.4, 0.5) is 0 Å². The van der Waals surface area contributed by atoms with Gasteiger partial charge in [-0.1, -0.05) is 15.9 Å². The molecule has 2 aliphatic rings. The molecule has 0 radical (unpaired) electrons. The van der Waals surface area contributed by atoms with Crippen LogP contribution in [0.2, 0.25) is 0 Å². The molecular weight excluding hydrogens is 340 g/mol. The molecule has 1 aromatic rings. The van der Waals surface area contributed by atoms with Gasteiger partial charge in [-0.05, 0) is 50.1 Å². The van der Waals surface area contributed by atoms with Gasteiger partial charge < -0.3 is 0 Å². The Labute approximate surface area is 128 Å². The lowest BCUT2D eigenvalue weighted by Gasteiger charge is -2.36. The minimum Gasteiger partial charge on any atom is -0.298 e. The third-order valence-electron chi connectivity index (χ3n) is 4.32. The molecule has 2 heterocycles. The topological polar surface area (TPSA) is 40.6 Å². The van der Waals surface area contributed by atoms with Gasteiger partial charge in [0.2, 0.25) is 10.0 Å². The van der Waals surface area contributed by atoms with Crippen LogP contribution in [0.5, 0.6) is 0 Å². The van der Waals surface area contributed by atoms with Gasteiger partial charge in [-0.15, -0.1) is 0 Å². The number of halogens is 1. The highest BCUT2D eigenvalue weighted by molar-refractivity contribution is 9.10. The van der Waals surface area contributed by atoms with Gasteiger partial charge in [0, 0.05) is 30.1 Å². The van der Waals surface area contributed by atoms with E-state index in [1.165, 1.54) is 6.42 Å². The van der Waals surface area contributed by atoms with E-state index < -0.39 is 10.0 Å². The molecule has 20 heavy (non-hydrogen) atoms. The molecule has 0 aliphatic carbocycles. The van der Waals surface area contributed by atoms with E-state index in [1.54, 1.807) is 16.4 Å². The molecule has 110 valence electrons. The summed E-state index contributed by atoms with van der Waals surface area (Å²) in [6.07, 6.45) is 2.31. The van der Waals surface area contributed by atoms with E-state index in [9.17, 15) is 8.42 Å². The molecular formula is C14H19BrN2O2S. The Morgan fingerprint density at radius 3 is 2.80 bits per heavy atom. The summed E-state index contributed by atoms with van der Waals surface area (Å²) in [5.74, 6) is 0. The molecule has 0 bridgehead atoms. The van der Waals surface area contributed by atoms with Gasteiger partial charge in [0.05, 0.1) is 4.90 Å². The van der Waals surface area contributed by atoms with E-state index >= 15 is 0 Å². The summed E-state index contributed by atoms with van der Waals surface area (Å²) in [5.41, 5.74) is 0.950. The van der Waals surface area contributed by atoms with Crippen LogP contribution in [0.25, 0.3) is 0 Å². The van der Waals surface area contributed by atoms with Crippen LogP contribution in [0.1, 0.15) is 18.4 Å². The fourth-order valence-corrected chi connectivity index (χ4v) is 4.91. The second kappa shape index (κ2) is 5.40. The van der Waals surface area contributed by atoms with E-state index in [4.69, 9.17) is 0 Å². The maximum Gasteiger partial charge on any atom is 0.243 e. The van der Waals surface area contributed by atoms with Gasteiger partial charge in [-0.3, -0.25) is 4.90 Å². The molecule has 1 aromatic carbocycles. The van der Waals surface area contributed by atoms with E-state index in [2.05, 4.69) is 20.8 Å². The van der Waals surface area contributed by atoms with E-state index in [-0.39, 0.29) is 0 Å². The summed E-state index contributed by atoms with van der Waals surface area (Å²) >= 11 is 3.41. The van der Waals surface area contributed by atoms with Crippen molar-refractivity contribution in [2.24, 2.45) is 0 Å². The zero-order valence-corrected chi connectivity index (χ0v) is 14.0.